The molecule has 7 nitrogen and oxygen atoms in total. The Morgan fingerprint density at radius 1 is 1.10 bits per heavy atom. The van der Waals surface area contributed by atoms with Crippen molar-refractivity contribution in [1.82, 2.24) is 24.6 Å². The summed E-state index contributed by atoms with van der Waals surface area (Å²) in [4.78, 5) is 17.5. The molecule has 0 unspecified atom stereocenters. The van der Waals surface area contributed by atoms with Crippen LogP contribution in [0.2, 0.25) is 5.02 Å². The van der Waals surface area contributed by atoms with Gasteiger partial charge in [0.15, 0.2) is 0 Å². The molecule has 0 atom stereocenters. The molecule has 0 bridgehead atoms. The standard InChI is InChI=1S/C23H22ClN5O2/c1-16-21(22(26-31-16)19-7-2-3-8-20(19)24)23(30)28-12-10-27(11-13-28)15-17-14-18-6-4-5-9-29(18)25-17/h2-9,14H,10-13,15H2,1H3. The highest BCUT2D eigenvalue weighted by molar-refractivity contribution is 6.33. The Morgan fingerprint density at radius 2 is 1.87 bits per heavy atom. The number of hydrogen-bond acceptors (Lipinski definition) is 5. The Kier molecular flexibility index (Phi) is 5.21. The van der Waals surface area contributed by atoms with Gasteiger partial charge in [-0.1, -0.05) is 41.0 Å². The lowest BCUT2D eigenvalue weighted by molar-refractivity contribution is 0.0626. The number of amides is 1. The summed E-state index contributed by atoms with van der Waals surface area (Å²) >= 11 is 6.34. The van der Waals surface area contributed by atoms with Crippen molar-refractivity contribution in [3.63, 3.8) is 0 Å². The van der Waals surface area contributed by atoms with E-state index in [0.29, 0.717) is 40.7 Å². The maximum absolute atomic E-state index is 13.3. The van der Waals surface area contributed by atoms with Gasteiger partial charge in [0, 0.05) is 44.5 Å². The second-order valence-electron chi connectivity index (χ2n) is 7.72. The van der Waals surface area contributed by atoms with Crippen molar-refractivity contribution in [2.75, 3.05) is 26.2 Å². The van der Waals surface area contributed by atoms with Crippen LogP contribution in [0.3, 0.4) is 0 Å². The van der Waals surface area contributed by atoms with Crippen molar-refractivity contribution in [1.29, 1.82) is 0 Å². The molecule has 0 spiro atoms. The first-order valence-electron chi connectivity index (χ1n) is 10.3. The fourth-order valence-corrected chi connectivity index (χ4v) is 4.25. The van der Waals surface area contributed by atoms with Crippen LogP contribution in [0.15, 0.2) is 59.3 Å². The van der Waals surface area contributed by atoms with Gasteiger partial charge < -0.3 is 9.42 Å². The molecule has 0 aliphatic carbocycles. The lowest BCUT2D eigenvalue weighted by atomic mass is 10.0. The van der Waals surface area contributed by atoms with Crippen LogP contribution in [0, 0.1) is 6.92 Å². The minimum absolute atomic E-state index is 0.0685. The van der Waals surface area contributed by atoms with Crippen molar-refractivity contribution in [2.24, 2.45) is 0 Å². The zero-order chi connectivity index (χ0) is 21.4. The highest BCUT2D eigenvalue weighted by Crippen LogP contribution is 2.32. The summed E-state index contributed by atoms with van der Waals surface area (Å²) in [5, 5.41) is 9.30. The Hall–Kier alpha value is -3.16. The van der Waals surface area contributed by atoms with E-state index in [2.05, 4.69) is 21.2 Å². The number of benzene rings is 1. The lowest BCUT2D eigenvalue weighted by Crippen LogP contribution is -2.48. The first kappa shape index (κ1) is 19.8. The molecule has 0 N–H and O–H groups in total. The molecule has 1 fully saturated rings. The van der Waals surface area contributed by atoms with E-state index in [1.807, 2.05) is 52.0 Å². The van der Waals surface area contributed by atoms with Gasteiger partial charge in [-0.3, -0.25) is 9.69 Å². The number of rotatable bonds is 4. The second-order valence-corrected chi connectivity index (χ2v) is 8.12. The fraction of sp³-hybridized carbons (Fsp3) is 0.261. The first-order chi connectivity index (χ1) is 15.1. The summed E-state index contributed by atoms with van der Waals surface area (Å²) in [7, 11) is 0. The Morgan fingerprint density at radius 3 is 2.65 bits per heavy atom. The minimum Gasteiger partial charge on any atom is -0.360 e. The van der Waals surface area contributed by atoms with E-state index in [0.717, 1.165) is 30.8 Å². The maximum Gasteiger partial charge on any atom is 0.259 e. The predicted octanol–water partition coefficient (Wildman–Crippen LogP) is 3.91. The largest absolute Gasteiger partial charge is 0.360 e. The van der Waals surface area contributed by atoms with Crippen LogP contribution in [0.4, 0.5) is 0 Å². The number of aryl methyl sites for hydroxylation is 1. The Bertz CT molecular complexity index is 1210. The smallest absolute Gasteiger partial charge is 0.259 e. The SMILES string of the molecule is Cc1onc(-c2ccccc2Cl)c1C(=O)N1CCN(Cc2cc3ccccn3n2)CC1. The number of halogens is 1. The highest BCUT2D eigenvalue weighted by atomic mass is 35.5. The fourth-order valence-electron chi connectivity index (χ4n) is 4.03. The quantitative estimate of drug-likeness (QED) is 0.486. The molecule has 1 aliphatic rings. The normalized spacial score (nSPS) is 15.0. The van der Waals surface area contributed by atoms with E-state index in [9.17, 15) is 4.79 Å². The Labute approximate surface area is 184 Å². The number of pyridine rings is 1. The van der Waals surface area contributed by atoms with Gasteiger partial charge in [0.1, 0.15) is 17.0 Å². The van der Waals surface area contributed by atoms with Crippen LogP contribution >= 0.6 is 11.6 Å². The van der Waals surface area contributed by atoms with Crippen LogP contribution in [0.25, 0.3) is 16.8 Å². The molecule has 0 radical (unpaired) electrons. The molecular weight excluding hydrogens is 414 g/mol. The third-order valence-corrected chi connectivity index (χ3v) is 6.00. The summed E-state index contributed by atoms with van der Waals surface area (Å²) in [5.74, 6) is 0.438. The van der Waals surface area contributed by atoms with Gasteiger partial charge in [-0.2, -0.15) is 5.10 Å². The number of carbonyl (C=O) groups is 1. The van der Waals surface area contributed by atoms with Gasteiger partial charge in [0.05, 0.1) is 16.2 Å². The minimum atomic E-state index is -0.0685. The van der Waals surface area contributed by atoms with E-state index in [4.69, 9.17) is 16.1 Å². The summed E-state index contributed by atoms with van der Waals surface area (Å²) in [6.07, 6.45) is 1.95. The van der Waals surface area contributed by atoms with Crippen LogP contribution in [0.5, 0.6) is 0 Å². The summed E-state index contributed by atoms with van der Waals surface area (Å²) in [6.45, 7) is 5.37. The molecule has 8 heteroatoms. The lowest BCUT2D eigenvalue weighted by Gasteiger charge is -2.34. The molecular formula is C23H22ClN5O2. The monoisotopic (exact) mass is 435 g/mol. The first-order valence-corrected chi connectivity index (χ1v) is 10.6. The van der Waals surface area contributed by atoms with Crippen LogP contribution in [0.1, 0.15) is 21.8 Å². The zero-order valence-electron chi connectivity index (χ0n) is 17.2. The summed E-state index contributed by atoms with van der Waals surface area (Å²) in [6, 6.07) is 15.5. The number of hydrogen-bond donors (Lipinski definition) is 0. The number of fused-ring (bicyclic) bond motifs is 1. The van der Waals surface area contributed by atoms with Crippen molar-refractivity contribution in [3.05, 3.63) is 76.8 Å². The van der Waals surface area contributed by atoms with E-state index in [-0.39, 0.29) is 5.91 Å². The molecule has 31 heavy (non-hydrogen) atoms. The van der Waals surface area contributed by atoms with Gasteiger partial charge in [-0.05, 0) is 31.2 Å². The molecule has 1 amide bonds. The molecule has 4 aromatic rings. The van der Waals surface area contributed by atoms with Crippen molar-refractivity contribution >= 4 is 23.0 Å². The second kappa shape index (κ2) is 8.17. The van der Waals surface area contributed by atoms with Crippen LogP contribution < -0.4 is 0 Å². The van der Waals surface area contributed by atoms with Crippen LogP contribution in [-0.4, -0.2) is 56.7 Å². The predicted molar refractivity (Wildman–Crippen MR) is 118 cm³/mol. The molecule has 3 aromatic heterocycles. The molecule has 0 saturated carbocycles. The molecule has 1 saturated heterocycles. The highest BCUT2D eigenvalue weighted by Gasteiger charge is 2.29. The summed E-state index contributed by atoms with van der Waals surface area (Å²) < 4.78 is 7.26. The molecule has 158 valence electrons. The topological polar surface area (TPSA) is 66.9 Å². The zero-order valence-corrected chi connectivity index (χ0v) is 17.9. The van der Waals surface area contributed by atoms with Gasteiger partial charge in [-0.25, -0.2) is 4.52 Å². The average molecular weight is 436 g/mol. The molecule has 5 rings (SSSR count). The van der Waals surface area contributed by atoms with E-state index >= 15 is 0 Å². The average Bonchev–Trinajstić information content (AvgIpc) is 3.37. The van der Waals surface area contributed by atoms with Gasteiger partial charge in [0.2, 0.25) is 0 Å². The van der Waals surface area contributed by atoms with E-state index < -0.39 is 0 Å². The summed E-state index contributed by atoms with van der Waals surface area (Å²) in [5.41, 5.74) is 3.81. The van der Waals surface area contributed by atoms with Gasteiger partial charge in [-0.15, -0.1) is 0 Å². The number of carbonyl (C=O) groups excluding carboxylic acids is 1. The molecule has 1 aliphatic heterocycles. The van der Waals surface area contributed by atoms with Crippen molar-refractivity contribution < 1.29 is 9.32 Å². The van der Waals surface area contributed by atoms with Gasteiger partial charge >= 0.3 is 0 Å². The van der Waals surface area contributed by atoms with E-state index in [1.165, 1.54) is 0 Å². The maximum atomic E-state index is 13.3. The number of nitrogens with zero attached hydrogens (tertiary/aromatic N) is 5. The van der Waals surface area contributed by atoms with E-state index in [1.54, 1.807) is 13.0 Å². The van der Waals surface area contributed by atoms with Gasteiger partial charge in [0.25, 0.3) is 5.91 Å². The molecule has 4 heterocycles. The Balaban J connectivity index is 1.28. The third-order valence-electron chi connectivity index (χ3n) is 5.67. The van der Waals surface area contributed by atoms with Crippen LogP contribution in [-0.2, 0) is 6.54 Å². The van der Waals surface area contributed by atoms with Crippen molar-refractivity contribution in [2.45, 2.75) is 13.5 Å². The third kappa shape index (κ3) is 3.82. The number of piperazine rings is 1. The van der Waals surface area contributed by atoms with Crippen molar-refractivity contribution in [3.8, 4) is 11.3 Å². The number of aromatic nitrogens is 3. The molecule has 1 aromatic carbocycles.